The van der Waals surface area contributed by atoms with E-state index in [0.29, 0.717) is 24.3 Å². The lowest BCUT2D eigenvalue weighted by Gasteiger charge is -2.18. The second kappa shape index (κ2) is 6.70. The number of anilines is 1. The van der Waals surface area contributed by atoms with Crippen molar-refractivity contribution in [2.75, 3.05) is 24.6 Å². The van der Waals surface area contributed by atoms with Crippen molar-refractivity contribution in [3.05, 3.63) is 48.2 Å². The van der Waals surface area contributed by atoms with Gasteiger partial charge in [-0.2, -0.15) is 0 Å². The van der Waals surface area contributed by atoms with Crippen LogP contribution < -0.4 is 10.2 Å². The molecule has 2 aromatic rings. The van der Waals surface area contributed by atoms with Gasteiger partial charge < -0.3 is 15.3 Å². The minimum absolute atomic E-state index is 0.0125. The maximum Gasteiger partial charge on any atom is 0.253 e. The van der Waals surface area contributed by atoms with E-state index in [1.807, 2.05) is 11.0 Å². The molecule has 1 saturated heterocycles. The molecule has 2 aromatic heterocycles. The molecule has 120 valence electrons. The number of aryl methyl sites for hydroxylation is 1. The van der Waals surface area contributed by atoms with Crippen molar-refractivity contribution >= 4 is 11.7 Å². The summed E-state index contributed by atoms with van der Waals surface area (Å²) >= 11 is 0. The van der Waals surface area contributed by atoms with Gasteiger partial charge in [-0.25, -0.2) is 9.97 Å². The Bertz CT molecular complexity index is 679. The average molecular weight is 313 g/mol. The van der Waals surface area contributed by atoms with E-state index in [0.717, 1.165) is 5.82 Å². The van der Waals surface area contributed by atoms with Gasteiger partial charge in [-0.15, -0.1) is 0 Å². The van der Waals surface area contributed by atoms with Gasteiger partial charge in [0.15, 0.2) is 0 Å². The molecule has 0 aliphatic carbocycles. The van der Waals surface area contributed by atoms with Crippen LogP contribution in [0.4, 0.5) is 5.82 Å². The van der Waals surface area contributed by atoms with Crippen LogP contribution in [0.3, 0.4) is 0 Å². The molecule has 1 amide bonds. The zero-order valence-electron chi connectivity index (χ0n) is 12.9. The minimum atomic E-state index is -0.163. The maximum atomic E-state index is 12.4. The van der Waals surface area contributed by atoms with Gasteiger partial charge in [0.1, 0.15) is 12.1 Å². The molecule has 7 nitrogen and oxygen atoms in total. The van der Waals surface area contributed by atoms with Gasteiger partial charge in [-0.05, 0) is 25.1 Å². The summed E-state index contributed by atoms with van der Waals surface area (Å²) in [7, 11) is 0. The van der Waals surface area contributed by atoms with Crippen LogP contribution >= 0.6 is 0 Å². The molecule has 0 unspecified atom stereocenters. The lowest BCUT2D eigenvalue weighted by molar-refractivity contribution is 0.0920. The van der Waals surface area contributed by atoms with Crippen LogP contribution in [0.15, 0.2) is 36.9 Å². The fourth-order valence-corrected chi connectivity index (χ4v) is 2.85. The molecule has 0 spiro atoms. The average Bonchev–Trinajstić information content (AvgIpc) is 2.99. The predicted octanol–water partition coefficient (Wildman–Crippen LogP) is 0.407. The Labute approximate surface area is 134 Å². The molecule has 1 fully saturated rings. The van der Waals surface area contributed by atoms with Crippen LogP contribution in [0.25, 0.3) is 0 Å². The van der Waals surface area contributed by atoms with E-state index in [2.05, 4.69) is 20.3 Å². The molecule has 0 radical (unpaired) electrons. The number of aliphatic hydroxyl groups excluding tert-OH is 1. The summed E-state index contributed by atoms with van der Waals surface area (Å²) in [6.45, 7) is 3.07. The Hall–Kier alpha value is -2.54. The molecule has 7 heteroatoms. The van der Waals surface area contributed by atoms with Gasteiger partial charge in [0.25, 0.3) is 5.91 Å². The van der Waals surface area contributed by atoms with Crippen LogP contribution in [0.1, 0.15) is 16.1 Å². The Balaban J connectivity index is 1.72. The third-order valence-electron chi connectivity index (χ3n) is 4.13. The Morgan fingerprint density at radius 1 is 1.35 bits per heavy atom. The molecule has 23 heavy (non-hydrogen) atoms. The number of aromatic nitrogens is 3. The van der Waals surface area contributed by atoms with Gasteiger partial charge in [0.05, 0.1) is 11.6 Å². The first-order valence-corrected chi connectivity index (χ1v) is 7.53. The molecule has 1 aliphatic rings. The number of aliphatic hydroxyl groups is 1. The van der Waals surface area contributed by atoms with Gasteiger partial charge in [0, 0.05) is 43.7 Å². The first kappa shape index (κ1) is 15.4. The number of nitrogens with zero attached hydrogens (tertiary/aromatic N) is 4. The largest absolute Gasteiger partial charge is 0.396 e. The third-order valence-corrected chi connectivity index (χ3v) is 4.13. The van der Waals surface area contributed by atoms with Crippen molar-refractivity contribution in [3.63, 3.8) is 0 Å². The molecule has 3 rings (SSSR count). The summed E-state index contributed by atoms with van der Waals surface area (Å²) in [5.74, 6) is 0.599. The highest BCUT2D eigenvalue weighted by atomic mass is 16.3. The highest BCUT2D eigenvalue weighted by Gasteiger charge is 2.34. The molecule has 0 bridgehead atoms. The minimum Gasteiger partial charge on any atom is -0.396 e. The van der Waals surface area contributed by atoms with Gasteiger partial charge >= 0.3 is 0 Å². The quantitative estimate of drug-likeness (QED) is 0.849. The zero-order valence-corrected chi connectivity index (χ0v) is 12.9. The van der Waals surface area contributed by atoms with Crippen LogP contribution in [0.2, 0.25) is 0 Å². The number of hydrogen-bond donors (Lipinski definition) is 2. The van der Waals surface area contributed by atoms with Crippen molar-refractivity contribution in [2.45, 2.75) is 13.0 Å². The van der Waals surface area contributed by atoms with Gasteiger partial charge in [-0.1, -0.05) is 0 Å². The molecular formula is C16H19N5O2. The van der Waals surface area contributed by atoms with E-state index in [-0.39, 0.29) is 24.5 Å². The Morgan fingerprint density at radius 3 is 2.91 bits per heavy atom. The van der Waals surface area contributed by atoms with Crippen molar-refractivity contribution < 1.29 is 9.90 Å². The molecule has 3 heterocycles. The van der Waals surface area contributed by atoms with Crippen LogP contribution in [0, 0.1) is 12.8 Å². The normalized spacial score (nSPS) is 20.5. The summed E-state index contributed by atoms with van der Waals surface area (Å²) in [5, 5.41) is 12.6. The smallest absolute Gasteiger partial charge is 0.253 e. The maximum absolute atomic E-state index is 12.4. The van der Waals surface area contributed by atoms with Gasteiger partial charge in [-0.3, -0.25) is 9.78 Å². The number of carbonyl (C=O) groups excluding carboxylic acids is 1. The predicted molar refractivity (Wildman–Crippen MR) is 85.0 cm³/mol. The molecule has 2 atom stereocenters. The lowest BCUT2D eigenvalue weighted by Crippen LogP contribution is -2.41. The van der Waals surface area contributed by atoms with E-state index in [4.69, 9.17) is 0 Å². The fraction of sp³-hybridized carbons (Fsp3) is 0.375. The number of carbonyl (C=O) groups is 1. The van der Waals surface area contributed by atoms with E-state index >= 15 is 0 Å². The van der Waals surface area contributed by atoms with Crippen LogP contribution in [-0.4, -0.2) is 51.7 Å². The van der Waals surface area contributed by atoms with Crippen LogP contribution in [0.5, 0.6) is 0 Å². The summed E-state index contributed by atoms with van der Waals surface area (Å²) in [5.41, 5.74) is 1.25. The van der Waals surface area contributed by atoms with E-state index in [1.165, 1.54) is 6.33 Å². The third kappa shape index (κ3) is 3.29. The van der Waals surface area contributed by atoms with Crippen LogP contribution in [-0.2, 0) is 0 Å². The Morgan fingerprint density at radius 2 is 2.22 bits per heavy atom. The first-order valence-electron chi connectivity index (χ1n) is 7.53. The number of hydrogen-bond acceptors (Lipinski definition) is 6. The highest BCUT2D eigenvalue weighted by molar-refractivity contribution is 5.95. The molecular weight excluding hydrogens is 294 g/mol. The summed E-state index contributed by atoms with van der Waals surface area (Å²) in [6, 6.07) is 5.18. The standard InChI is InChI=1S/C16H19N5O2/c1-11-13(3-2-5-18-11)16(23)20-14-8-21(7-12(14)9-22)15-4-6-17-10-19-15/h2-6,10,12,14,22H,7-9H2,1H3,(H,20,23)/t12-,14+/m0/s1. The van der Waals surface area contributed by atoms with Crippen molar-refractivity contribution in [2.24, 2.45) is 5.92 Å². The van der Waals surface area contributed by atoms with Crippen molar-refractivity contribution in [3.8, 4) is 0 Å². The second-order valence-corrected chi connectivity index (χ2v) is 5.63. The van der Waals surface area contributed by atoms with Crippen molar-refractivity contribution in [1.82, 2.24) is 20.3 Å². The van der Waals surface area contributed by atoms with Crippen molar-refractivity contribution in [1.29, 1.82) is 0 Å². The lowest BCUT2D eigenvalue weighted by atomic mass is 10.0. The summed E-state index contributed by atoms with van der Waals surface area (Å²) in [4.78, 5) is 26.8. The van der Waals surface area contributed by atoms with E-state index in [1.54, 1.807) is 31.5 Å². The van der Waals surface area contributed by atoms with E-state index in [9.17, 15) is 9.90 Å². The number of pyridine rings is 1. The topological polar surface area (TPSA) is 91.2 Å². The summed E-state index contributed by atoms with van der Waals surface area (Å²) < 4.78 is 0. The number of nitrogens with one attached hydrogen (secondary N) is 1. The monoisotopic (exact) mass is 313 g/mol. The molecule has 0 aromatic carbocycles. The number of amides is 1. The Kier molecular flexibility index (Phi) is 4.47. The van der Waals surface area contributed by atoms with E-state index < -0.39 is 0 Å². The summed E-state index contributed by atoms with van der Waals surface area (Å²) in [6.07, 6.45) is 4.84. The zero-order chi connectivity index (χ0) is 16.2. The molecule has 0 saturated carbocycles. The highest BCUT2D eigenvalue weighted by Crippen LogP contribution is 2.22. The molecule has 1 aliphatic heterocycles. The van der Waals surface area contributed by atoms with Gasteiger partial charge in [0.2, 0.25) is 0 Å². The number of rotatable bonds is 4. The fourth-order valence-electron chi connectivity index (χ4n) is 2.85. The SMILES string of the molecule is Cc1ncccc1C(=O)N[C@@H]1CN(c2ccncn2)C[C@H]1CO. The molecule has 2 N–H and O–H groups in total. The second-order valence-electron chi connectivity index (χ2n) is 5.63. The first-order chi connectivity index (χ1) is 11.2.